The van der Waals surface area contributed by atoms with Crippen molar-refractivity contribution in [2.45, 2.75) is 109 Å². The molecule has 0 aromatic carbocycles. The van der Waals surface area contributed by atoms with Gasteiger partial charge in [0.1, 0.15) is 0 Å². The lowest BCUT2D eigenvalue weighted by atomic mass is 9.87. The van der Waals surface area contributed by atoms with Crippen LogP contribution < -0.4 is 0 Å². The number of hydrogen-bond donors (Lipinski definition) is 0. The lowest BCUT2D eigenvalue weighted by molar-refractivity contribution is 0.339. The molecule has 2 rings (SSSR count). The number of hydrogen-bond acceptors (Lipinski definition) is 0. The Balaban J connectivity index is 1.61. The van der Waals surface area contributed by atoms with Gasteiger partial charge in [0.15, 0.2) is 0 Å². The highest BCUT2D eigenvalue weighted by Crippen LogP contribution is 2.29. The largest absolute Gasteiger partial charge is 0.0530 e. The Morgan fingerprint density at radius 1 is 0.524 bits per heavy atom. The van der Waals surface area contributed by atoms with Crippen molar-refractivity contribution >= 4 is 0 Å². The SMILES string of the molecule is [CH]1CCCCC(CCCC2CCC[CH]CCCC2)CCC1. The van der Waals surface area contributed by atoms with Crippen LogP contribution in [0.25, 0.3) is 0 Å². The van der Waals surface area contributed by atoms with Gasteiger partial charge in [0.05, 0.1) is 0 Å². The van der Waals surface area contributed by atoms with E-state index in [4.69, 9.17) is 0 Å². The molecule has 2 unspecified atom stereocenters. The molecule has 0 heterocycles. The third-order valence-electron chi connectivity index (χ3n) is 5.81. The van der Waals surface area contributed by atoms with Crippen LogP contribution in [0.2, 0.25) is 0 Å². The molecule has 2 aliphatic rings. The normalized spacial score (nSPS) is 25.1. The Kier molecular flexibility index (Phi) is 9.55. The quantitative estimate of drug-likeness (QED) is 0.510. The summed E-state index contributed by atoms with van der Waals surface area (Å²) in [6, 6.07) is 0. The monoisotopic (exact) mass is 290 g/mol. The van der Waals surface area contributed by atoms with Crippen LogP contribution in [0.4, 0.5) is 0 Å². The van der Waals surface area contributed by atoms with E-state index in [-0.39, 0.29) is 0 Å². The van der Waals surface area contributed by atoms with Crippen molar-refractivity contribution in [3.63, 3.8) is 0 Å². The summed E-state index contributed by atoms with van der Waals surface area (Å²) in [5.41, 5.74) is 0. The minimum atomic E-state index is 1.06. The van der Waals surface area contributed by atoms with Gasteiger partial charge in [-0.3, -0.25) is 0 Å². The van der Waals surface area contributed by atoms with Gasteiger partial charge in [0.25, 0.3) is 0 Å². The lowest BCUT2D eigenvalue weighted by Gasteiger charge is -2.19. The fourth-order valence-electron chi connectivity index (χ4n) is 4.40. The second-order valence-corrected chi connectivity index (χ2v) is 7.67. The third kappa shape index (κ3) is 8.27. The van der Waals surface area contributed by atoms with Crippen LogP contribution in [-0.2, 0) is 0 Å². The molecule has 0 aromatic heterocycles. The standard InChI is InChI=1S/C21H38/c1-2-6-10-15-20(14-9-5-1)18-13-19-21-16-11-7-3-4-8-12-17-21/h1,3,20-21H,2,4-19H2. The smallest absolute Gasteiger partial charge is 0.0386 e. The summed E-state index contributed by atoms with van der Waals surface area (Å²) in [4.78, 5) is 0. The van der Waals surface area contributed by atoms with Gasteiger partial charge in [-0.2, -0.15) is 0 Å². The zero-order valence-electron chi connectivity index (χ0n) is 14.3. The fraction of sp³-hybridized carbons (Fsp3) is 0.905. The Morgan fingerprint density at radius 3 is 1.48 bits per heavy atom. The maximum atomic E-state index is 2.54. The summed E-state index contributed by atoms with van der Waals surface area (Å²) in [6.45, 7) is 0. The molecule has 0 amide bonds. The summed E-state index contributed by atoms with van der Waals surface area (Å²) in [5.74, 6) is 2.11. The van der Waals surface area contributed by atoms with E-state index in [1.165, 1.54) is 109 Å². The average molecular weight is 291 g/mol. The third-order valence-corrected chi connectivity index (χ3v) is 5.81. The molecule has 21 heavy (non-hydrogen) atoms. The van der Waals surface area contributed by atoms with Gasteiger partial charge < -0.3 is 0 Å². The molecule has 0 spiro atoms. The van der Waals surface area contributed by atoms with Crippen LogP contribution in [0.3, 0.4) is 0 Å². The highest BCUT2D eigenvalue weighted by atomic mass is 14.2. The first-order valence-electron chi connectivity index (χ1n) is 10.1. The summed E-state index contributed by atoms with van der Waals surface area (Å²) in [6.07, 6.45) is 30.1. The second kappa shape index (κ2) is 11.6. The van der Waals surface area contributed by atoms with E-state index in [2.05, 4.69) is 12.8 Å². The molecular weight excluding hydrogens is 252 g/mol. The summed E-state index contributed by atoms with van der Waals surface area (Å²) in [5, 5.41) is 0. The first kappa shape index (κ1) is 17.4. The van der Waals surface area contributed by atoms with Crippen molar-refractivity contribution in [3.8, 4) is 0 Å². The van der Waals surface area contributed by atoms with Crippen molar-refractivity contribution in [1.29, 1.82) is 0 Å². The van der Waals surface area contributed by atoms with Crippen LogP contribution in [0.15, 0.2) is 0 Å². The molecule has 2 radical (unpaired) electrons. The minimum Gasteiger partial charge on any atom is -0.0530 e. The van der Waals surface area contributed by atoms with Gasteiger partial charge >= 0.3 is 0 Å². The molecule has 0 N–H and O–H groups in total. The Labute approximate surface area is 134 Å². The Morgan fingerprint density at radius 2 is 0.952 bits per heavy atom. The van der Waals surface area contributed by atoms with Crippen LogP contribution in [-0.4, -0.2) is 0 Å². The molecule has 0 bridgehead atoms. The van der Waals surface area contributed by atoms with Gasteiger partial charge in [0, 0.05) is 0 Å². The van der Waals surface area contributed by atoms with Gasteiger partial charge in [0.2, 0.25) is 0 Å². The van der Waals surface area contributed by atoms with E-state index in [1.807, 2.05) is 0 Å². The zero-order chi connectivity index (χ0) is 14.6. The fourth-order valence-corrected chi connectivity index (χ4v) is 4.40. The molecule has 2 fully saturated rings. The molecule has 122 valence electrons. The summed E-state index contributed by atoms with van der Waals surface area (Å²) in [7, 11) is 0. The highest BCUT2D eigenvalue weighted by Gasteiger charge is 2.14. The van der Waals surface area contributed by atoms with Crippen molar-refractivity contribution in [2.24, 2.45) is 11.8 Å². The maximum Gasteiger partial charge on any atom is -0.0386 e. The molecule has 0 nitrogen and oxygen atoms in total. The van der Waals surface area contributed by atoms with Gasteiger partial charge in [-0.05, 0) is 24.7 Å². The Bertz CT molecular complexity index is 188. The molecule has 0 aliphatic heterocycles. The first-order valence-corrected chi connectivity index (χ1v) is 10.1. The van der Waals surface area contributed by atoms with Crippen molar-refractivity contribution in [1.82, 2.24) is 0 Å². The van der Waals surface area contributed by atoms with Crippen LogP contribution in [0, 0.1) is 24.7 Å². The molecule has 0 heteroatoms. The molecule has 0 aromatic rings. The molecule has 2 atom stereocenters. The van der Waals surface area contributed by atoms with Gasteiger partial charge in [-0.1, -0.05) is 109 Å². The summed E-state index contributed by atoms with van der Waals surface area (Å²) < 4.78 is 0. The second-order valence-electron chi connectivity index (χ2n) is 7.67. The minimum absolute atomic E-state index is 1.06. The predicted molar refractivity (Wildman–Crippen MR) is 94.1 cm³/mol. The topological polar surface area (TPSA) is 0 Å². The van der Waals surface area contributed by atoms with E-state index in [1.54, 1.807) is 0 Å². The molecule has 2 aliphatic carbocycles. The van der Waals surface area contributed by atoms with Gasteiger partial charge in [-0.25, -0.2) is 0 Å². The maximum absolute atomic E-state index is 2.54. The molecule has 2 saturated carbocycles. The predicted octanol–water partition coefficient (Wildman–Crippen LogP) is 7.29. The Hall–Kier alpha value is 0. The van der Waals surface area contributed by atoms with E-state index >= 15 is 0 Å². The number of rotatable bonds is 4. The van der Waals surface area contributed by atoms with Gasteiger partial charge in [-0.15, -0.1) is 0 Å². The lowest BCUT2D eigenvalue weighted by Crippen LogP contribution is -2.04. The van der Waals surface area contributed by atoms with Crippen LogP contribution >= 0.6 is 0 Å². The summed E-state index contributed by atoms with van der Waals surface area (Å²) >= 11 is 0. The molecule has 0 saturated heterocycles. The van der Waals surface area contributed by atoms with Crippen LogP contribution in [0.1, 0.15) is 109 Å². The van der Waals surface area contributed by atoms with Crippen LogP contribution in [0.5, 0.6) is 0 Å². The van der Waals surface area contributed by atoms with E-state index < -0.39 is 0 Å². The highest BCUT2D eigenvalue weighted by molar-refractivity contribution is 4.73. The zero-order valence-corrected chi connectivity index (χ0v) is 14.3. The van der Waals surface area contributed by atoms with E-state index in [0.717, 1.165) is 11.8 Å². The van der Waals surface area contributed by atoms with Crippen molar-refractivity contribution in [2.75, 3.05) is 0 Å². The van der Waals surface area contributed by atoms with Crippen molar-refractivity contribution < 1.29 is 0 Å². The van der Waals surface area contributed by atoms with Crippen molar-refractivity contribution in [3.05, 3.63) is 12.8 Å². The molecular formula is C21H38. The first-order chi connectivity index (χ1) is 10.4. The van der Waals surface area contributed by atoms with E-state index in [9.17, 15) is 0 Å². The van der Waals surface area contributed by atoms with E-state index in [0.29, 0.717) is 0 Å². The average Bonchev–Trinajstić information content (AvgIpc) is 2.71.